The summed E-state index contributed by atoms with van der Waals surface area (Å²) in [6.07, 6.45) is 3.45. The van der Waals surface area contributed by atoms with Crippen molar-refractivity contribution < 1.29 is 13.2 Å². The molecule has 0 aliphatic carbocycles. The topological polar surface area (TPSA) is 80.5 Å². The Balaban J connectivity index is 1.95. The van der Waals surface area contributed by atoms with Crippen molar-refractivity contribution in [3.8, 4) is 0 Å². The Labute approximate surface area is 130 Å². The van der Waals surface area contributed by atoms with Crippen molar-refractivity contribution in [2.45, 2.75) is 43.7 Å². The van der Waals surface area contributed by atoms with Crippen LogP contribution in [0.15, 0.2) is 16.3 Å². The minimum absolute atomic E-state index is 0.0657. The highest BCUT2D eigenvalue weighted by atomic mass is 32.2. The molecule has 21 heavy (non-hydrogen) atoms. The van der Waals surface area contributed by atoms with E-state index in [1.54, 1.807) is 6.07 Å². The van der Waals surface area contributed by atoms with Gasteiger partial charge in [0.1, 0.15) is 4.21 Å². The summed E-state index contributed by atoms with van der Waals surface area (Å²) in [5.74, 6) is 0.0657. The van der Waals surface area contributed by atoms with Crippen molar-refractivity contribution in [3.05, 3.63) is 17.0 Å². The van der Waals surface area contributed by atoms with E-state index in [9.17, 15) is 13.2 Å². The van der Waals surface area contributed by atoms with E-state index < -0.39 is 10.0 Å². The molecule has 1 fully saturated rings. The Morgan fingerprint density at radius 2 is 2.00 bits per heavy atom. The van der Waals surface area contributed by atoms with Gasteiger partial charge in [0, 0.05) is 18.0 Å². The SMILES string of the molecule is CCC1(C)CCN(C(=O)Cc2ccc(S(N)(=O)=O)s2)CC1. The molecule has 7 heteroatoms. The normalized spacial score (nSPS) is 18.7. The zero-order valence-electron chi connectivity index (χ0n) is 12.5. The lowest BCUT2D eigenvalue weighted by Gasteiger charge is -2.38. The van der Waals surface area contributed by atoms with Gasteiger partial charge in [-0.2, -0.15) is 0 Å². The van der Waals surface area contributed by atoms with Crippen LogP contribution in [-0.4, -0.2) is 32.3 Å². The first-order chi connectivity index (χ1) is 9.73. The fourth-order valence-corrected chi connectivity index (χ4v) is 4.29. The number of primary sulfonamides is 1. The van der Waals surface area contributed by atoms with Gasteiger partial charge in [0.05, 0.1) is 6.42 Å². The molecule has 1 amide bonds. The van der Waals surface area contributed by atoms with Gasteiger partial charge in [-0.05, 0) is 30.4 Å². The highest BCUT2D eigenvalue weighted by molar-refractivity contribution is 7.91. The molecular weight excluding hydrogens is 308 g/mol. The second-order valence-electron chi connectivity index (χ2n) is 5.99. The van der Waals surface area contributed by atoms with E-state index in [2.05, 4.69) is 13.8 Å². The number of thiophene rings is 1. The molecule has 2 rings (SSSR count). The van der Waals surface area contributed by atoms with Crippen molar-refractivity contribution >= 4 is 27.3 Å². The van der Waals surface area contributed by atoms with Gasteiger partial charge in [0.2, 0.25) is 15.9 Å². The van der Waals surface area contributed by atoms with Gasteiger partial charge in [0.15, 0.2) is 0 Å². The second-order valence-corrected chi connectivity index (χ2v) is 8.94. The number of carbonyl (C=O) groups excluding carboxylic acids is 1. The van der Waals surface area contributed by atoms with E-state index in [-0.39, 0.29) is 16.5 Å². The van der Waals surface area contributed by atoms with Gasteiger partial charge in [-0.3, -0.25) is 4.79 Å². The number of likely N-dealkylation sites (tertiary alicyclic amines) is 1. The van der Waals surface area contributed by atoms with E-state index in [0.717, 1.165) is 48.6 Å². The van der Waals surface area contributed by atoms with Crippen LogP contribution < -0.4 is 5.14 Å². The van der Waals surface area contributed by atoms with Crippen molar-refractivity contribution in [2.75, 3.05) is 13.1 Å². The standard InChI is InChI=1S/C14H22N2O3S2/c1-3-14(2)6-8-16(9-7-14)12(17)10-11-4-5-13(20-11)21(15,18)19/h4-5H,3,6-10H2,1-2H3,(H2,15,18,19). The maximum absolute atomic E-state index is 12.3. The Morgan fingerprint density at radius 1 is 1.38 bits per heavy atom. The van der Waals surface area contributed by atoms with Crippen LogP contribution in [-0.2, 0) is 21.2 Å². The van der Waals surface area contributed by atoms with Crippen molar-refractivity contribution in [1.82, 2.24) is 4.90 Å². The number of nitrogens with two attached hydrogens (primary N) is 1. The van der Waals surface area contributed by atoms with Crippen LogP contribution in [0.2, 0.25) is 0 Å². The molecule has 2 heterocycles. The minimum Gasteiger partial charge on any atom is -0.342 e. The quantitative estimate of drug-likeness (QED) is 0.916. The van der Waals surface area contributed by atoms with Gasteiger partial charge in [-0.15, -0.1) is 11.3 Å². The molecule has 5 nitrogen and oxygen atoms in total. The lowest BCUT2D eigenvalue weighted by atomic mass is 9.78. The molecule has 118 valence electrons. The van der Waals surface area contributed by atoms with Gasteiger partial charge in [-0.1, -0.05) is 20.3 Å². The third kappa shape index (κ3) is 4.05. The van der Waals surface area contributed by atoms with E-state index in [1.807, 2.05) is 4.90 Å². The first-order valence-corrected chi connectivity index (χ1v) is 9.49. The molecular formula is C14H22N2O3S2. The van der Waals surface area contributed by atoms with E-state index in [4.69, 9.17) is 5.14 Å². The molecule has 0 radical (unpaired) electrons. The predicted octanol–water partition coefficient (Wildman–Crippen LogP) is 1.98. The number of hydrogen-bond acceptors (Lipinski definition) is 4. The smallest absolute Gasteiger partial charge is 0.247 e. The average molecular weight is 330 g/mol. The number of sulfonamides is 1. The summed E-state index contributed by atoms with van der Waals surface area (Å²) in [5, 5.41) is 5.08. The summed E-state index contributed by atoms with van der Waals surface area (Å²) in [6.45, 7) is 6.04. The van der Waals surface area contributed by atoms with Crippen molar-refractivity contribution in [3.63, 3.8) is 0 Å². The summed E-state index contributed by atoms with van der Waals surface area (Å²) in [5.41, 5.74) is 0.348. The molecule has 0 aromatic carbocycles. The number of piperidine rings is 1. The van der Waals surface area contributed by atoms with Crippen LogP contribution in [0.5, 0.6) is 0 Å². The predicted molar refractivity (Wildman–Crippen MR) is 83.6 cm³/mol. The number of hydrogen-bond donors (Lipinski definition) is 1. The molecule has 1 aliphatic heterocycles. The molecule has 0 bridgehead atoms. The average Bonchev–Trinajstić information content (AvgIpc) is 2.88. The first kappa shape index (κ1) is 16.5. The second kappa shape index (κ2) is 6.06. The lowest BCUT2D eigenvalue weighted by molar-refractivity contribution is -0.132. The Morgan fingerprint density at radius 3 is 2.48 bits per heavy atom. The number of rotatable bonds is 4. The Hall–Kier alpha value is -0.920. The van der Waals surface area contributed by atoms with Crippen LogP contribution in [0.25, 0.3) is 0 Å². The summed E-state index contributed by atoms with van der Waals surface area (Å²) in [4.78, 5) is 14.9. The Bertz CT molecular complexity index is 614. The molecule has 1 aromatic heterocycles. The number of carbonyl (C=O) groups is 1. The van der Waals surface area contributed by atoms with Gasteiger partial charge >= 0.3 is 0 Å². The monoisotopic (exact) mass is 330 g/mol. The van der Waals surface area contributed by atoms with Crippen LogP contribution in [0.1, 0.15) is 38.0 Å². The van der Waals surface area contributed by atoms with E-state index >= 15 is 0 Å². The fraction of sp³-hybridized carbons (Fsp3) is 0.643. The molecule has 1 saturated heterocycles. The zero-order chi connectivity index (χ0) is 15.7. The van der Waals surface area contributed by atoms with E-state index in [0.29, 0.717) is 5.41 Å². The van der Waals surface area contributed by atoms with Crippen LogP contribution in [0.3, 0.4) is 0 Å². The van der Waals surface area contributed by atoms with Crippen LogP contribution >= 0.6 is 11.3 Å². The van der Waals surface area contributed by atoms with Crippen LogP contribution in [0, 0.1) is 5.41 Å². The number of nitrogens with zero attached hydrogens (tertiary/aromatic N) is 1. The molecule has 0 saturated carbocycles. The van der Waals surface area contributed by atoms with Gasteiger partial charge in [0.25, 0.3) is 0 Å². The highest BCUT2D eigenvalue weighted by Crippen LogP contribution is 2.34. The lowest BCUT2D eigenvalue weighted by Crippen LogP contribution is -2.42. The maximum atomic E-state index is 12.3. The molecule has 1 aromatic rings. The Kier molecular flexibility index (Phi) is 4.75. The number of amides is 1. The third-order valence-corrected chi connectivity index (χ3v) is 6.94. The van der Waals surface area contributed by atoms with Crippen molar-refractivity contribution in [1.29, 1.82) is 0 Å². The minimum atomic E-state index is -3.67. The molecule has 0 spiro atoms. The highest BCUT2D eigenvalue weighted by Gasteiger charge is 2.30. The molecule has 1 aliphatic rings. The van der Waals surface area contributed by atoms with Crippen molar-refractivity contribution in [2.24, 2.45) is 10.6 Å². The zero-order valence-corrected chi connectivity index (χ0v) is 14.1. The largest absolute Gasteiger partial charge is 0.342 e. The summed E-state index contributed by atoms with van der Waals surface area (Å²) < 4.78 is 22.6. The molecule has 2 N–H and O–H groups in total. The maximum Gasteiger partial charge on any atom is 0.247 e. The fourth-order valence-electron chi connectivity index (χ4n) is 2.52. The summed E-state index contributed by atoms with van der Waals surface area (Å²) in [6, 6.07) is 3.13. The first-order valence-electron chi connectivity index (χ1n) is 7.13. The summed E-state index contributed by atoms with van der Waals surface area (Å²) >= 11 is 1.08. The van der Waals surface area contributed by atoms with Crippen LogP contribution in [0.4, 0.5) is 0 Å². The summed E-state index contributed by atoms with van der Waals surface area (Å²) in [7, 11) is -3.67. The van der Waals surface area contributed by atoms with Gasteiger partial charge < -0.3 is 4.90 Å². The van der Waals surface area contributed by atoms with E-state index in [1.165, 1.54) is 6.07 Å². The third-order valence-electron chi connectivity index (χ3n) is 4.42. The molecule has 0 unspecified atom stereocenters. The molecule has 0 atom stereocenters. The van der Waals surface area contributed by atoms with Gasteiger partial charge in [-0.25, -0.2) is 13.6 Å².